The van der Waals surface area contributed by atoms with Gasteiger partial charge in [-0.1, -0.05) is 26.2 Å². The first-order valence-corrected chi connectivity index (χ1v) is 8.30. The Kier molecular flexibility index (Phi) is 5.81. The van der Waals surface area contributed by atoms with Crippen LogP contribution in [-0.4, -0.2) is 17.1 Å². The molecule has 1 aromatic carbocycles. The molecular weight excluding hydrogens is 288 g/mol. The summed E-state index contributed by atoms with van der Waals surface area (Å²) in [6, 6.07) is 7.74. The van der Waals surface area contributed by atoms with Crippen LogP contribution in [0.3, 0.4) is 0 Å². The van der Waals surface area contributed by atoms with E-state index in [9.17, 15) is 4.79 Å². The number of nitriles is 1. The van der Waals surface area contributed by atoms with E-state index >= 15 is 0 Å². The number of rotatable bonds is 7. The van der Waals surface area contributed by atoms with Crippen LogP contribution in [-0.2, 0) is 9.53 Å². The number of ether oxygens (including phenoxy) is 1. The van der Waals surface area contributed by atoms with Gasteiger partial charge < -0.3 is 9.30 Å². The van der Waals surface area contributed by atoms with E-state index in [1.165, 1.54) is 0 Å². The molecule has 2 rings (SSSR count). The van der Waals surface area contributed by atoms with Crippen molar-refractivity contribution in [1.82, 2.24) is 4.57 Å². The summed E-state index contributed by atoms with van der Waals surface area (Å²) in [6.45, 7) is 6.29. The van der Waals surface area contributed by atoms with Crippen molar-refractivity contribution in [2.45, 2.75) is 52.5 Å². The molecule has 4 nitrogen and oxygen atoms in total. The average Bonchev–Trinajstić information content (AvgIpc) is 2.93. The maximum absolute atomic E-state index is 12.4. The predicted molar refractivity (Wildman–Crippen MR) is 91.2 cm³/mol. The minimum Gasteiger partial charge on any atom is -0.464 e. The summed E-state index contributed by atoms with van der Waals surface area (Å²) >= 11 is 0. The van der Waals surface area contributed by atoms with E-state index in [-0.39, 0.29) is 12.0 Å². The monoisotopic (exact) mass is 312 g/mol. The summed E-state index contributed by atoms with van der Waals surface area (Å²) in [7, 11) is 0. The molecule has 0 aliphatic heterocycles. The molecule has 4 heteroatoms. The lowest BCUT2D eigenvalue weighted by Crippen LogP contribution is -2.21. The fourth-order valence-electron chi connectivity index (χ4n) is 2.90. The average molecular weight is 312 g/mol. The SMILES string of the molecule is CCCCCC(C(=O)OCC)n1ccc2cc(C#N)c(C)cc21. The van der Waals surface area contributed by atoms with E-state index in [4.69, 9.17) is 10.00 Å². The highest BCUT2D eigenvalue weighted by Gasteiger charge is 2.22. The molecule has 0 aliphatic carbocycles. The topological polar surface area (TPSA) is 55.0 Å². The summed E-state index contributed by atoms with van der Waals surface area (Å²) in [6.07, 6.45) is 5.92. The van der Waals surface area contributed by atoms with E-state index in [1.807, 2.05) is 42.8 Å². The Morgan fingerprint density at radius 1 is 1.35 bits per heavy atom. The Balaban J connectivity index is 2.41. The number of hydrogen-bond donors (Lipinski definition) is 0. The van der Waals surface area contributed by atoms with Crippen LogP contribution in [0.1, 0.15) is 56.7 Å². The lowest BCUT2D eigenvalue weighted by Gasteiger charge is -2.19. The normalized spacial score (nSPS) is 12.1. The van der Waals surface area contributed by atoms with Gasteiger partial charge in [0, 0.05) is 17.1 Å². The molecule has 1 heterocycles. The van der Waals surface area contributed by atoms with Crippen LogP contribution in [0.5, 0.6) is 0 Å². The summed E-state index contributed by atoms with van der Waals surface area (Å²) in [5, 5.41) is 10.1. The van der Waals surface area contributed by atoms with E-state index in [2.05, 4.69) is 13.0 Å². The van der Waals surface area contributed by atoms with Gasteiger partial charge in [0.05, 0.1) is 18.2 Å². The standard InChI is InChI=1S/C19H24N2O2/c1-4-6-7-8-17(19(22)23-5-2)21-10-9-15-12-16(13-20)14(3)11-18(15)21/h9-12,17H,4-8H2,1-3H3. The highest BCUT2D eigenvalue weighted by molar-refractivity contribution is 5.85. The molecule has 1 atom stereocenters. The van der Waals surface area contributed by atoms with Crippen molar-refractivity contribution in [3.8, 4) is 6.07 Å². The summed E-state index contributed by atoms with van der Waals surface area (Å²) < 4.78 is 7.27. The smallest absolute Gasteiger partial charge is 0.329 e. The number of unbranched alkanes of at least 4 members (excludes halogenated alkanes) is 2. The second-order valence-corrected chi connectivity index (χ2v) is 5.82. The molecule has 0 aliphatic rings. The van der Waals surface area contributed by atoms with Crippen LogP contribution in [0, 0.1) is 18.3 Å². The van der Waals surface area contributed by atoms with Crippen molar-refractivity contribution in [2.75, 3.05) is 6.61 Å². The third kappa shape index (κ3) is 3.73. The number of aryl methyl sites for hydroxylation is 1. The van der Waals surface area contributed by atoms with Gasteiger partial charge in [0.1, 0.15) is 6.04 Å². The largest absolute Gasteiger partial charge is 0.464 e. The zero-order valence-corrected chi connectivity index (χ0v) is 14.1. The van der Waals surface area contributed by atoms with Crippen molar-refractivity contribution in [3.63, 3.8) is 0 Å². The van der Waals surface area contributed by atoms with Crippen molar-refractivity contribution < 1.29 is 9.53 Å². The molecule has 0 fully saturated rings. The van der Waals surface area contributed by atoms with Crippen LogP contribution in [0.2, 0.25) is 0 Å². The number of esters is 1. The molecular formula is C19H24N2O2. The molecule has 0 N–H and O–H groups in total. The quantitative estimate of drug-likeness (QED) is 0.558. The van der Waals surface area contributed by atoms with Gasteiger partial charge in [-0.3, -0.25) is 0 Å². The van der Waals surface area contributed by atoms with Crippen molar-refractivity contribution >= 4 is 16.9 Å². The van der Waals surface area contributed by atoms with Gasteiger partial charge >= 0.3 is 5.97 Å². The van der Waals surface area contributed by atoms with Crippen LogP contribution in [0.25, 0.3) is 10.9 Å². The zero-order valence-electron chi connectivity index (χ0n) is 14.1. The second-order valence-electron chi connectivity index (χ2n) is 5.82. The molecule has 0 saturated carbocycles. The number of nitrogens with zero attached hydrogens (tertiary/aromatic N) is 2. The Hall–Kier alpha value is -2.28. The predicted octanol–water partition coefficient (Wildman–Crippen LogP) is 4.51. The van der Waals surface area contributed by atoms with Crippen LogP contribution >= 0.6 is 0 Å². The number of carbonyl (C=O) groups excluding carboxylic acids is 1. The van der Waals surface area contributed by atoms with E-state index in [0.717, 1.165) is 42.1 Å². The maximum atomic E-state index is 12.4. The zero-order chi connectivity index (χ0) is 16.8. The van der Waals surface area contributed by atoms with Crippen LogP contribution in [0.15, 0.2) is 24.4 Å². The highest BCUT2D eigenvalue weighted by atomic mass is 16.5. The third-order valence-electron chi connectivity index (χ3n) is 4.16. The molecule has 0 amide bonds. The number of hydrogen-bond acceptors (Lipinski definition) is 3. The lowest BCUT2D eigenvalue weighted by atomic mass is 10.1. The van der Waals surface area contributed by atoms with Gasteiger partial charge in [0.25, 0.3) is 0 Å². The first-order chi connectivity index (χ1) is 11.1. The molecule has 0 spiro atoms. The molecule has 2 aromatic rings. The van der Waals surface area contributed by atoms with Crippen LogP contribution in [0.4, 0.5) is 0 Å². The van der Waals surface area contributed by atoms with Gasteiger partial charge in [0.15, 0.2) is 0 Å². The van der Waals surface area contributed by atoms with Crippen molar-refractivity contribution in [2.24, 2.45) is 0 Å². The fraction of sp³-hybridized carbons (Fsp3) is 0.474. The number of aromatic nitrogens is 1. The first-order valence-electron chi connectivity index (χ1n) is 8.30. The molecule has 1 unspecified atom stereocenters. The van der Waals surface area contributed by atoms with Gasteiger partial charge in [-0.05, 0) is 44.0 Å². The van der Waals surface area contributed by atoms with Gasteiger partial charge in [-0.2, -0.15) is 5.26 Å². The Morgan fingerprint density at radius 2 is 2.13 bits per heavy atom. The summed E-state index contributed by atoms with van der Waals surface area (Å²) in [5.74, 6) is -0.178. The molecule has 0 bridgehead atoms. The Morgan fingerprint density at radius 3 is 2.78 bits per heavy atom. The molecule has 122 valence electrons. The molecule has 0 radical (unpaired) electrons. The van der Waals surface area contributed by atoms with E-state index in [0.29, 0.717) is 12.2 Å². The van der Waals surface area contributed by atoms with E-state index < -0.39 is 0 Å². The van der Waals surface area contributed by atoms with Crippen LogP contribution < -0.4 is 0 Å². The minimum atomic E-state index is -0.300. The third-order valence-corrected chi connectivity index (χ3v) is 4.16. The Bertz CT molecular complexity index is 725. The minimum absolute atomic E-state index is 0.178. The van der Waals surface area contributed by atoms with E-state index in [1.54, 1.807) is 0 Å². The molecule has 0 saturated heterocycles. The number of carbonyl (C=O) groups is 1. The number of fused-ring (bicyclic) bond motifs is 1. The molecule has 1 aromatic heterocycles. The molecule has 23 heavy (non-hydrogen) atoms. The van der Waals surface area contributed by atoms with Crippen molar-refractivity contribution in [1.29, 1.82) is 5.26 Å². The van der Waals surface area contributed by atoms with Gasteiger partial charge in [-0.25, -0.2) is 4.79 Å². The van der Waals surface area contributed by atoms with Gasteiger partial charge in [0.2, 0.25) is 0 Å². The summed E-state index contributed by atoms with van der Waals surface area (Å²) in [4.78, 5) is 12.4. The maximum Gasteiger partial charge on any atom is 0.329 e. The first kappa shape index (κ1) is 17.1. The lowest BCUT2D eigenvalue weighted by molar-refractivity contribution is -0.147. The second kappa shape index (κ2) is 7.82. The summed E-state index contributed by atoms with van der Waals surface area (Å²) in [5.41, 5.74) is 2.58. The number of benzene rings is 1. The highest BCUT2D eigenvalue weighted by Crippen LogP contribution is 2.27. The fourth-order valence-corrected chi connectivity index (χ4v) is 2.90. The Labute approximate surface area is 137 Å². The van der Waals surface area contributed by atoms with Gasteiger partial charge in [-0.15, -0.1) is 0 Å². The van der Waals surface area contributed by atoms with Crippen molar-refractivity contribution in [3.05, 3.63) is 35.5 Å².